The van der Waals surface area contributed by atoms with Crippen LogP contribution in [0.15, 0.2) is 12.2 Å². The van der Waals surface area contributed by atoms with Gasteiger partial charge in [-0.1, -0.05) is 27.4 Å². The molecule has 0 unspecified atom stereocenters. The molecule has 2 nitrogen and oxygen atoms in total. The molecule has 0 aromatic rings. The Morgan fingerprint density at radius 1 is 1.29 bits per heavy atom. The van der Waals surface area contributed by atoms with Crippen LogP contribution in [0.5, 0.6) is 0 Å². The molecule has 98 valence electrons. The zero-order chi connectivity index (χ0) is 12.8. The number of hydrogen-bond donors (Lipinski definition) is 2. The Morgan fingerprint density at radius 3 is 2.59 bits per heavy atom. The van der Waals surface area contributed by atoms with Gasteiger partial charge in [0.05, 0.1) is 11.7 Å². The van der Waals surface area contributed by atoms with Crippen molar-refractivity contribution in [2.24, 2.45) is 17.3 Å². The number of rotatable bonds is 0. The zero-order valence-electron chi connectivity index (χ0n) is 11.4. The maximum atomic E-state index is 10.8. The minimum atomic E-state index is -0.616. The summed E-state index contributed by atoms with van der Waals surface area (Å²) < 4.78 is 0. The average Bonchev–Trinajstić information content (AvgIpc) is 2.44. The topological polar surface area (TPSA) is 40.5 Å². The molecule has 2 aliphatic rings. The van der Waals surface area contributed by atoms with Crippen LogP contribution in [-0.2, 0) is 0 Å². The van der Waals surface area contributed by atoms with Crippen molar-refractivity contribution in [2.75, 3.05) is 0 Å². The molecule has 0 bridgehead atoms. The summed E-state index contributed by atoms with van der Waals surface area (Å²) in [5.41, 5.74) is 0.286. The van der Waals surface area contributed by atoms with E-state index in [2.05, 4.69) is 27.4 Å². The predicted octanol–water partition coefficient (Wildman–Crippen LogP) is 2.89. The molecule has 17 heavy (non-hydrogen) atoms. The molecular weight excluding hydrogens is 212 g/mol. The lowest BCUT2D eigenvalue weighted by Crippen LogP contribution is -2.42. The highest BCUT2D eigenvalue weighted by molar-refractivity contribution is 5.13. The fraction of sp³-hybridized carbons (Fsp3) is 0.867. The van der Waals surface area contributed by atoms with E-state index < -0.39 is 11.7 Å². The first-order chi connectivity index (χ1) is 7.73. The minimum Gasteiger partial charge on any atom is -0.389 e. The van der Waals surface area contributed by atoms with Gasteiger partial charge in [-0.3, -0.25) is 0 Å². The van der Waals surface area contributed by atoms with Gasteiger partial charge in [-0.25, -0.2) is 0 Å². The first kappa shape index (κ1) is 13.1. The Balaban J connectivity index is 2.30. The van der Waals surface area contributed by atoms with Gasteiger partial charge in [-0.2, -0.15) is 0 Å². The third kappa shape index (κ3) is 2.43. The Kier molecular flexibility index (Phi) is 3.16. The molecule has 2 N–H and O–H groups in total. The highest BCUT2D eigenvalue weighted by atomic mass is 16.3. The van der Waals surface area contributed by atoms with E-state index in [1.165, 1.54) is 0 Å². The quantitative estimate of drug-likeness (QED) is 0.637. The van der Waals surface area contributed by atoms with Gasteiger partial charge in [0, 0.05) is 0 Å². The van der Waals surface area contributed by atoms with Gasteiger partial charge >= 0.3 is 0 Å². The summed E-state index contributed by atoms with van der Waals surface area (Å²) in [6, 6.07) is 0. The SMILES string of the molecule is C=C1C[C@]2(O)CC[C@H](C)[C@H]2CC(C)(C)C[C@@H]1O. The molecule has 2 rings (SSSR count). The molecule has 0 aromatic carbocycles. The van der Waals surface area contributed by atoms with Gasteiger partial charge in [0.1, 0.15) is 0 Å². The van der Waals surface area contributed by atoms with Crippen molar-refractivity contribution in [1.29, 1.82) is 0 Å². The fourth-order valence-electron chi connectivity index (χ4n) is 3.86. The molecule has 0 amide bonds. The number of fused-ring (bicyclic) bond motifs is 1. The second-order valence-corrected chi connectivity index (χ2v) is 7.15. The largest absolute Gasteiger partial charge is 0.389 e. The number of aliphatic hydroxyl groups excluding tert-OH is 1. The molecule has 0 aliphatic heterocycles. The van der Waals surface area contributed by atoms with Gasteiger partial charge in [0.25, 0.3) is 0 Å². The summed E-state index contributed by atoms with van der Waals surface area (Å²) in [4.78, 5) is 0. The molecule has 0 heterocycles. The molecular formula is C15H26O2. The first-order valence-corrected chi connectivity index (χ1v) is 6.82. The molecule has 2 fully saturated rings. The van der Waals surface area contributed by atoms with Crippen LogP contribution in [0.1, 0.15) is 52.9 Å². The third-order valence-electron chi connectivity index (χ3n) is 4.93. The van der Waals surface area contributed by atoms with Crippen LogP contribution in [0.2, 0.25) is 0 Å². The van der Waals surface area contributed by atoms with Gasteiger partial charge in [-0.15, -0.1) is 0 Å². The zero-order valence-corrected chi connectivity index (χ0v) is 11.4. The lowest BCUT2D eigenvalue weighted by atomic mass is 9.67. The van der Waals surface area contributed by atoms with Crippen molar-refractivity contribution in [3.05, 3.63) is 12.2 Å². The second kappa shape index (κ2) is 4.10. The van der Waals surface area contributed by atoms with E-state index in [1.54, 1.807) is 0 Å². The van der Waals surface area contributed by atoms with Crippen LogP contribution >= 0.6 is 0 Å². The highest BCUT2D eigenvalue weighted by Gasteiger charge is 2.49. The Bertz CT molecular complexity index is 321. The molecule has 0 radical (unpaired) electrons. The van der Waals surface area contributed by atoms with Gasteiger partial charge in [0.2, 0.25) is 0 Å². The van der Waals surface area contributed by atoms with E-state index in [4.69, 9.17) is 0 Å². The summed E-state index contributed by atoms with van der Waals surface area (Å²) in [6.07, 6.45) is 3.87. The lowest BCUT2D eigenvalue weighted by molar-refractivity contribution is -0.0426. The molecule has 4 atom stereocenters. The normalized spacial score (nSPS) is 46.2. The van der Waals surface area contributed by atoms with Crippen LogP contribution in [0.25, 0.3) is 0 Å². The summed E-state index contributed by atoms with van der Waals surface area (Å²) >= 11 is 0. The Morgan fingerprint density at radius 2 is 1.94 bits per heavy atom. The maximum absolute atomic E-state index is 10.8. The highest BCUT2D eigenvalue weighted by Crippen LogP contribution is 2.51. The van der Waals surface area contributed by atoms with Crippen molar-refractivity contribution < 1.29 is 10.2 Å². The van der Waals surface area contributed by atoms with E-state index in [0.717, 1.165) is 31.3 Å². The summed E-state index contributed by atoms with van der Waals surface area (Å²) in [5.74, 6) is 0.948. The van der Waals surface area contributed by atoms with E-state index in [-0.39, 0.29) is 5.41 Å². The summed E-state index contributed by atoms with van der Waals surface area (Å²) in [7, 11) is 0. The van der Waals surface area contributed by atoms with Crippen molar-refractivity contribution in [1.82, 2.24) is 0 Å². The number of hydrogen-bond acceptors (Lipinski definition) is 2. The third-order valence-corrected chi connectivity index (χ3v) is 4.93. The average molecular weight is 238 g/mol. The molecule has 0 spiro atoms. The maximum Gasteiger partial charge on any atom is 0.0753 e. The minimum absolute atomic E-state index is 0.0834. The summed E-state index contributed by atoms with van der Waals surface area (Å²) in [6.45, 7) is 10.6. The van der Waals surface area contributed by atoms with Crippen molar-refractivity contribution in [3.63, 3.8) is 0 Å². The standard InChI is InChI=1S/C15H26O2/c1-10-5-6-15(17)7-11(2)13(16)9-14(3,4)8-12(10)15/h10,12-13,16-17H,2,5-9H2,1,3-4H3/t10-,12+,13-,15+/m0/s1. The molecule has 0 saturated heterocycles. The molecule has 2 saturated carbocycles. The van der Waals surface area contributed by atoms with Gasteiger partial charge in [0.15, 0.2) is 0 Å². The molecule has 2 heteroatoms. The molecule has 0 aromatic heterocycles. The van der Waals surface area contributed by atoms with Crippen molar-refractivity contribution in [2.45, 2.75) is 64.6 Å². The molecule has 2 aliphatic carbocycles. The van der Waals surface area contributed by atoms with Crippen LogP contribution in [0.4, 0.5) is 0 Å². The van der Waals surface area contributed by atoms with Crippen LogP contribution in [-0.4, -0.2) is 21.9 Å². The van der Waals surface area contributed by atoms with E-state index in [9.17, 15) is 10.2 Å². The Hall–Kier alpha value is -0.340. The lowest BCUT2D eigenvalue weighted by Gasteiger charge is -2.42. The first-order valence-electron chi connectivity index (χ1n) is 6.82. The Labute approximate surface area is 105 Å². The fourth-order valence-corrected chi connectivity index (χ4v) is 3.86. The van der Waals surface area contributed by atoms with Gasteiger partial charge in [-0.05, 0) is 54.9 Å². The number of aliphatic hydroxyl groups is 2. The van der Waals surface area contributed by atoms with E-state index in [1.807, 2.05) is 0 Å². The summed E-state index contributed by atoms with van der Waals surface area (Å²) in [5, 5.41) is 20.9. The van der Waals surface area contributed by atoms with Crippen LogP contribution in [0, 0.1) is 17.3 Å². The van der Waals surface area contributed by atoms with E-state index in [0.29, 0.717) is 18.3 Å². The van der Waals surface area contributed by atoms with Crippen molar-refractivity contribution >= 4 is 0 Å². The second-order valence-electron chi connectivity index (χ2n) is 7.15. The van der Waals surface area contributed by atoms with Crippen LogP contribution in [0.3, 0.4) is 0 Å². The smallest absolute Gasteiger partial charge is 0.0753 e. The van der Waals surface area contributed by atoms with Crippen LogP contribution < -0.4 is 0 Å². The predicted molar refractivity (Wildman–Crippen MR) is 69.6 cm³/mol. The van der Waals surface area contributed by atoms with Gasteiger partial charge < -0.3 is 10.2 Å². The van der Waals surface area contributed by atoms with Crippen molar-refractivity contribution in [3.8, 4) is 0 Å². The monoisotopic (exact) mass is 238 g/mol. The van der Waals surface area contributed by atoms with E-state index >= 15 is 0 Å².